The molecule has 0 fully saturated rings. The Balaban J connectivity index is 2.74. The SMILES string of the molecule is C#CCNC(=O)COc1ccc(C)cc1C(C)NCC. The highest BCUT2D eigenvalue weighted by molar-refractivity contribution is 5.77. The van der Waals surface area contributed by atoms with E-state index in [-0.39, 0.29) is 25.1 Å². The fourth-order valence-corrected chi connectivity index (χ4v) is 1.90. The first-order chi connectivity index (χ1) is 9.58. The van der Waals surface area contributed by atoms with E-state index in [9.17, 15) is 4.79 Å². The highest BCUT2D eigenvalue weighted by Crippen LogP contribution is 2.26. The Bertz CT molecular complexity index is 492. The van der Waals surface area contributed by atoms with Crippen LogP contribution in [0.2, 0.25) is 0 Å². The molecule has 0 saturated heterocycles. The Hall–Kier alpha value is -1.99. The summed E-state index contributed by atoms with van der Waals surface area (Å²) in [5, 5.41) is 5.92. The minimum Gasteiger partial charge on any atom is -0.483 e. The molecule has 4 nitrogen and oxygen atoms in total. The number of aryl methyl sites for hydroxylation is 1. The minimum atomic E-state index is -0.217. The normalized spacial score (nSPS) is 11.5. The number of rotatable bonds is 7. The molecule has 0 aliphatic carbocycles. The maximum absolute atomic E-state index is 11.5. The van der Waals surface area contributed by atoms with Crippen molar-refractivity contribution in [2.45, 2.75) is 26.8 Å². The lowest BCUT2D eigenvalue weighted by molar-refractivity contribution is -0.122. The van der Waals surface area contributed by atoms with Crippen molar-refractivity contribution in [3.8, 4) is 18.1 Å². The first kappa shape index (κ1) is 16.1. The van der Waals surface area contributed by atoms with Crippen LogP contribution in [-0.4, -0.2) is 25.6 Å². The van der Waals surface area contributed by atoms with E-state index < -0.39 is 0 Å². The van der Waals surface area contributed by atoms with Crippen molar-refractivity contribution in [1.82, 2.24) is 10.6 Å². The van der Waals surface area contributed by atoms with Crippen molar-refractivity contribution in [2.75, 3.05) is 19.7 Å². The van der Waals surface area contributed by atoms with Crippen molar-refractivity contribution in [3.05, 3.63) is 29.3 Å². The Kier molecular flexibility index (Phi) is 6.61. The highest BCUT2D eigenvalue weighted by Gasteiger charge is 2.12. The summed E-state index contributed by atoms with van der Waals surface area (Å²) in [4.78, 5) is 11.5. The van der Waals surface area contributed by atoms with Crippen LogP contribution in [0.25, 0.3) is 0 Å². The van der Waals surface area contributed by atoms with Crippen molar-refractivity contribution >= 4 is 5.91 Å². The van der Waals surface area contributed by atoms with Gasteiger partial charge in [-0.2, -0.15) is 0 Å². The molecule has 1 amide bonds. The van der Waals surface area contributed by atoms with Crippen LogP contribution in [0.1, 0.15) is 31.0 Å². The van der Waals surface area contributed by atoms with Crippen molar-refractivity contribution in [2.24, 2.45) is 0 Å². The molecule has 0 heterocycles. The first-order valence-corrected chi connectivity index (χ1v) is 6.75. The molecule has 0 radical (unpaired) electrons. The summed E-state index contributed by atoms with van der Waals surface area (Å²) < 4.78 is 5.60. The summed E-state index contributed by atoms with van der Waals surface area (Å²) in [7, 11) is 0. The molecule has 0 spiro atoms. The summed E-state index contributed by atoms with van der Waals surface area (Å²) in [5.41, 5.74) is 2.21. The van der Waals surface area contributed by atoms with Gasteiger partial charge in [0.2, 0.25) is 0 Å². The van der Waals surface area contributed by atoms with Crippen LogP contribution in [-0.2, 0) is 4.79 Å². The van der Waals surface area contributed by atoms with Crippen LogP contribution in [0.3, 0.4) is 0 Å². The molecule has 1 aromatic carbocycles. The largest absolute Gasteiger partial charge is 0.483 e. The monoisotopic (exact) mass is 274 g/mol. The minimum absolute atomic E-state index is 0.0312. The molecule has 1 rings (SSSR count). The quantitative estimate of drug-likeness (QED) is 0.745. The molecule has 1 atom stereocenters. The lowest BCUT2D eigenvalue weighted by Gasteiger charge is -2.18. The Labute approximate surface area is 120 Å². The van der Waals surface area contributed by atoms with Crippen molar-refractivity contribution in [3.63, 3.8) is 0 Å². The third-order valence-electron chi connectivity index (χ3n) is 2.89. The van der Waals surface area contributed by atoms with Gasteiger partial charge in [0.05, 0.1) is 6.54 Å². The van der Waals surface area contributed by atoms with Gasteiger partial charge in [0.1, 0.15) is 5.75 Å². The standard InChI is InChI=1S/C16H22N2O2/c1-5-9-18-16(19)11-20-15-8-7-12(3)10-14(15)13(4)17-6-2/h1,7-8,10,13,17H,6,9,11H2,2-4H3,(H,18,19). The van der Waals surface area contributed by atoms with Crippen LogP contribution < -0.4 is 15.4 Å². The number of amides is 1. The topological polar surface area (TPSA) is 50.4 Å². The summed E-state index contributed by atoms with van der Waals surface area (Å²) in [6.45, 7) is 7.22. The van der Waals surface area contributed by atoms with E-state index in [1.54, 1.807) is 0 Å². The van der Waals surface area contributed by atoms with Crippen LogP contribution in [0, 0.1) is 19.3 Å². The summed E-state index contributed by atoms with van der Waals surface area (Å²) in [6.07, 6.45) is 5.08. The second-order valence-corrected chi connectivity index (χ2v) is 4.59. The smallest absolute Gasteiger partial charge is 0.258 e. The van der Waals surface area contributed by atoms with Crippen LogP contribution in [0.15, 0.2) is 18.2 Å². The molecular weight excluding hydrogens is 252 g/mol. The van der Waals surface area contributed by atoms with E-state index in [4.69, 9.17) is 11.2 Å². The van der Waals surface area contributed by atoms with Gasteiger partial charge in [-0.1, -0.05) is 30.5 Å². The Morgan fingerprint density at radius 1 is 1.50 bits per heavy atom. The zero-order chi connectivity index (χ0) is 15.0. The fraction of sp³-hybridized carbons (Fsp3) is 0.438. The van der Waals surface area contributed by atoms with Gasteiger partial charge in [-0.15, -0.1) is 6.42 Å². The molecular formula is C16H22N2O2. The van der Waals surface area contributed by atoms with Crippen LogP contribution in [0.5, 0.6) is 5.75 Å². The third kappa shape index (κ3) is 4.94. The number of ether oxygens (including phenoxy) is 1. The summed E-state index contributed by atoms with van der Waals surface area (Å²) >= 11 is 0. The molecule has 20 heavy (non-hydrogen) atoms. The van der Waals surface area contributed by atoms with Gasteiger partial charge >= 0.3 is 0 Å². The average molecular weight is 274 g/mol. The van der Waals surface area contributed by atoms with E-state index in [2.05, 4.69) is 36.5 Å². The van der Waals surface area contributed by atoms with Crippen molar-refractivity contribution < 1.29 is 9.53 Å². The molecule has 1 aromatic rings. The van der Waals surface area contributed by atoms with E-state index in [1.165, 1.54) is 0 Å². The number of carbonyl (C=O) groups is 1. The van der Waals surface area contributed by atoms with Gasteiger partial charge in [-0.25, -0.2) is 0 Å². The van der Waals surface area contributed by atoms with Gasteiger partial charge in [-0.3, -0.25) is 4.79 Å². The lowest BCUT2D eigenvalue weighted by Crippen LogP contribution is -2.29. The molecule has 0 aliphatic rings. The van der Waals surface area contributed by atoms with E-state index in [0.717, 1.165) is 23.4 Å². The number of terminal acetylenes is 1. The molecule has 108 valence electrons. The van der Waals surface area contributed by atoms with E-state index in [0.29, 0.717) is 0 Å². The summed E-state index contributed by atoms with van der Waals surface area (Å²) in [5.74, 6) is 2.86. The molecule has 0 saturated carbocycles. The average Bonchev–Trinajstić information content (AvgIpc) is 2.43. The second-order valence-electron chi connectivity index (χ2n) is 4.59. The van der Waals surface area contributed by atoms with E-state index in [1.807, 2.05) is 19.1 Å². The fourth-order valence-electron chi connectivity index (χ4n) is 1.90. The second kappa shape index (κ2) is 8.23. The predicted octanol–water partition coefficient (Wildman–Crippen LogP) is 1.79. The van der Waals surface area contributed by atoms with Gasteiger partial charge < -0.3 is 15.4 Å². The number of hydrogen-bond donors (Lipinski definition) is 2. The van der Waals surface area contributed by atoms with Crippen LogP contribution >= 0.6 is 0 Å². The van der Waals surface area contributed by atoms with Gasteiger partial charge in [0, 0.05) is 11.6 Å². The number of carbonyl (C=O) groups excluding carboxylic acids is 1. The molecule has 0 bridgehead atoms. The Morgan fingerprint density at radius 2 is 2.25 bits per heavy atom. The molecule has 0 aliphatic heterocycles. The third-order valence-corrected chi connectivity index (χ3v) is 2.89. The maximum Gasteiger partial charge on any atom is 0.258 e. The number of nitrogens with one attached hydrogen (secondary N) is 2. The van der Waals surface area contributed by atoms with Gasteiger partial charge in [0.25, 0.3) is 5.91 Å². The molecule has 4 heteroatoms. The zero-order valence-corrected chi connectivity index (χ0v) is 12.3. The lowest BCUT2D eigenvalue weighted by atomic mass is 10.0. The van der Waals surface area contributed by atoms with Gasteiger partial charge in [-0.05, 0) is 26.5 Å². The molecule has 2 N–H and O–H groups in total. The van der Waals surface area contributed by atoms with Crippen LogP contribution in [0.4, 0.5) is 0 Å². The summed E-state index contributed by atoms with van der Waals surface area (Å²) in [6, 6.07) is 6.11. The molecule has 1 unspecified atom stereocenters. The van der Waals surface area contributed by atoms with E-state index >= 15 is 0 Å². The number of hydrogen-bond acceptors (Lipinski definition) is 3. The highest BCUT2D eigenvalue weighted by atomic mass is 16.5. The predicted molar refractivity (Wildman–Crippen MR) is 80.6 cm³/mol. The molecule has 0 aromatic heterocycles. The van der Waals surface area contributed by atoms with Crippen molar-refractivity contribution in [1.29, 1.82) is 0 Å². The Morgan fingerprint density at radius 3 is 2.90 bits per heavy atom. The first-order valence-electron chi connectivity index (χ1n) is 6.75. The number of benzene rings is 1. The zero-order valence-electron chi connectivity index (χ0n) is 12.3. The maximum atomic E-state index is 11.5. The van der Waals surface area contributed by atoms with Gasteiger partial charge in [0.15, 0.2) is 6.61 Å².